The molecular weight excluding hydrogens is 581 g/mol. The largest absolute Gasteiger partial charge is 0.342 e. The van der Waals surface area contributed by atoms with Crippen molar-refractivity contribution >= 4 is 68.3 Å². The molecule has 1 amide bonds. The molecule has 0 saturated carbocycles. The van der Waals surface area contributed by atoms with Gasteiger partial charge in [-0.25, -0.2) is 4.99 Å². The van der Waals surface area contributed by atoms with Gasteiger partial charge in [0.25, 0.3) is 5.91 Å². The lowest BCUT2D eigenvalue weighted by molar-refractivity contribution is 0.102. The van der Waals surface area contributed by atoms with Gasteiger partial charge in [-0.1, -0.05) is 66.4 Å². The van der Waals surface area contributed by atoms with Gasteiger partial charge in [-0.05, 0) is 92.1 Å². The van der Waals surface area contributed by atoms with Crippen LogP contribution in [-0.4, -0.2) is 16.7 Å². The molecule has 1 aliphatic rings. The van der Waals surface area contributed by atoms with E-state index in [0.29, 0.717) is 16.6 Å². The molecule has 0 bridgehead atoms. The van der Waals surface area contributed by atoms with E-state index < -0.39 is 0 Å². The van der Waals surface area contributed by atoms with Gasteiger partial charge < -0.3 is 9.88 Å². The number of hydrogen-bond acceptors (Lipinski definition) is 3. The van der Waals surface area contributed by atoms with Crippen molar-refractivity contribution in [2.24, 2.45) is 4.99 Å². The molecule has 6 rings (SSSR count). The number of nitrogens with zero attached hydrogens (tertiary/aromatic N) is 2. The average molecular weight is 615 g/mol. The fraction of sp³-hybridized carbons (Fsp3) is 0.257. The Bertz CT molecular complexity index is 1820. The standard InChI is InChI=1S/C35H33Cl2N3OS/c1-22-13-16-27(17-23(22)2)39-34(41)33-29-10-5-3-4-6-12-32(29)42-35(33)38-19-25-21-40(31-11-8-7-9-28(25)31)20-24-14-15-26(36)18-30(24)37/h7-9,11,13-19,21H,3-6,10,12,20H2,1-2H3,(H,39,41). The molecular formula is C35H33Cl2N3OS. The van der Waals surface area contributed by atoms with Crippen molar-refractivity contribution in [2.75, 3.05) is 5.32 Å². The Kier molecular flexibility index (Phi) is 8.53. The van der Waals surface area contributed by atoms with Gasteiger partial charge in [-0.3, -0.25) is 4.79 Å². The summed E-state index contributed by atoms with van der Waals surface area (Å²) in [6, 6.07) is 20.0. The zero-order valence-corrected chi connectivity index (χ0v) is 26.2. The van der Waals surface area contributed by atoms with Gasteiger partial charge in [0.05, 0.1) is 5.56 Å². The number of amides is 1. The van der Waals surface area contributed by atoms with Crippen molar-refractivity contribution in [3.8, 4) is 0 Å². The molecule has 0 aliphatic heterocycles. The number of carbonyl (C=O) groups excluding carboxylic acids is 1. The third-order valence-corrected chi connectivity index (χ3v) is 9.93. The zero-order chi connectivity index (χ0) is 29.2. The van der Waals surface area contributed by atoms with Gasteiger partial charge in [-0.15, -0.1) is 11.3 Å². The monoisotopic (exact) mass is 613 g/mol. The van der Waals surface area contributed by atoms with Crippen molar-refractivity contribution in [3.05, 3.63) is 115 Å². The summed E-state index contributed by atoms with van der Waals surface area (Å²) in [6.07, 6.45) is 10.6. The van der Waals surface area contributed by atoms with Crippen LogP contribution in [0.15, 0.2) is 71.9 Å². The van der Waals surface area contributed by atoms with E-state index in [1.807, 2.05) is 42.6 Å². The number of rotatable bonds is 6. The van der Waals surface area contributed by atoms with Crippen molar-refractivity contribution < 1.29 is 4.79 Å². The van der Waals surface area contributed by atoms with E-state index in [-0.39, 0.29) is 5.91 Å². The Hall–Kier alpha value is -3.38. The molecule has 2 aromatic heterocycles. The molecule has 0 unspecified atom stereocenters. The van der Waals surface area contributed by atoms with Crippen LogP contribution >= 0.6 is 34.5 Å². The molecule has 1 N–H and O–H groups in total. The second kappa shape index (κ2) is 12.5. The fourth-order valence-electron chi connectivity index (χ4n) is 5.71. The first-order valence-electron chi connectivity index (χ1n) is 14.5. The lowest BCUT2D eigenvalue weighted by Gasteiger charge is -2.12. The highest BCUT2D eigenvalue weighted by molar-refractivity contribution is 7.16. The summed E-state index contributed by atoms with van der Waals surface area (Å²) < 4.78 is 2.19. The number of aryl methyl sites for hydroxylation is 3. The summed E-state index contributed by atoms with van der Waals surface area (Å²) in [6.45, 7) is 4.76. The van der Waals surface area contributed by atoms with Crippen molar-refractivity contribution in [2.45, 2.75) is 58.9 Å². The fourth-order valence-corrected chi connectivity index (χ4v) is 7.41. The van der Waals surface area contributed by atoms with Gasteiger partial charge in [-0.2, -0.15) is 0 Å². The minimum Gasteiger partial charge on any atom is -0.342 e. The lowest BCUT2D eigenvalue weighted by atomic mass is 9.96. The highest BCUT2D eigenvalue weighted by Gasteiger charge is 2.24. The molecule has 214 valence electrons. The third-order valence-electron chi connectivity index (χ3n) is 8.14. The normalized spacial score (nSPS) is 13.7. The van der Waals surface area contributed by atoms with Gasteiger partial charge >= 0.3 is 0 Å². The van der Waals surface area contributed by atoms with E-state index in [1.54, 1.807) is 17.4 Å². The summed E-state index contributed by atoms with van der Waals surface area (Å²) >= 11 is 14.3. The predicted octanol–water partition coefficient (Wildman–Crippen LogP) is 10.3. The Balaban J connectivity index is 1.37. The second-order valence-electron chi connectivity index (χ2n) is 11.1. The molecule has 42 heavy (non-hydrogen) atoms. The number of benzene rings is 3. The quantitative estimate of drug-likeness (QED) is 0.190. The number of aromatic nitrogens is 1. The first-order valence-corrected chi connectivity index (χ1v) is 16.0. The topological polar surface area (TPSA) is 46.4 Å². The van der Waals surface area contributed by atoms with Crippen molar-refractivity contribution in [1.29, 1.82) is 0 Å². The van der Waals surface area contributed by atoms with Crippen LogP contribution in [0.4, 0.5) is 10.7 Å². The SMILES string of the molecule is Cc1ccc(NC(=O)c2c(N=Cc3cn(Cc4ccc(Cl)cc4Cl)c4ccccc34)sc3c2CCCCCC3)cc1C. The van der Waals surface area contributed by atoms with Crippen LogP contribution in [0.3, 0.4) is 0 Å². The van der Waals surface area contributed by atoms with E-state index in [9.17, 15) is 4.79 Å². The molecule has 7 heteroatoms. The number of fused-ring (bicyclic) bond motifs is 2. The van der Waals surface area contributed by atoms with Crippen LogP contribution in [0, 0.1) is 13.8 Å². The van der Waals surface area contributed by atoms with Crippen molar-refractivity contribution in [3.63, 3.8) is 0 Å². The molecule has 0 radical (unpaired) electrons. The summed E-state index contributed by atoms with van der Waals surface area (Å²) in [4.78, 5) is 20.2. The maximum absolute atomic E-state index is 13.8. The number of aliphatic imine (C=N–C) groups is 1. The number of anilines is 1. The summed E-state index contributed by atoms with van der Waals surface area (Å²) in [5, 5.41) is 6.32. The molecule has 1 aliphatic carbocycles. The Morgan fingerprint density at radius 3 is 2.60 bits per heavy atom. The van der Waals surface area contributed by atoms with Crippen LogP contribution in [0.5, 0.6) is 0 Å². The number of halogens is 2. The predicted molar refractivity (Wildman–Crippen MR) is 179 cm³/mol. The number of thiophene rings is 1. The Morgan fingerprint density at radius 2 is 1.79 bits per heavy atom. The summed E-state index contributed by atoms with van der Waals surface area (Å²) in [5.74, 6) is -0.0803. The van der Waals surface area contributed by atoms with Crippen LogP contribution in [0.25, 0.3) is 10.9 Å². The van der Waals surface area contributed by atoms with Gasteiger partial charge in [0.1, 0.15) is 5.00 Å². The summed E-state index contributed by atoms with van der Waals surface area (Å²) in [5.41, 5.74) is 8.16. The lowest BCUT2D eigenvalue weighted by Crippen LogP contribution is -2.14. The van der Waals surface area contributed by atoms with E-state index in [1.165, 1.54) is 28.8 Å². The number of nitrogens with one attached hydrogen (secondary N) is 1. The first kappa shape index (κ1) is 28.7. The molecule has 5 aromatic rings. The molecule has 3 aromatic carbocycles. The van der Waals surface area contributed by atoms with E-state index in [0.717, 1.165) is 69.5 Å². The van der Waals surface area contributed by atoms with Crippen molar-refractivity contribution in [1.82, 2.24) is 4.57 Å². The minimum atomic E-state index is -0.0803. The smallest absolute Gasteiger partial charge is 0.259 e. The Labute approximate surface area is 261 Å². The first-order chi connectivity index (χ1) is 20.4. The van der Waals surface area contributed by atoms with Gasteiger partial charge in [0, 0.05) is 56.0 Å². The molecule has 0 spiro atoms. The molecule has 0 saturated heterocycles. The summed E-state index contributed by atoms with van der Waals surface area (Å²) in [7, 11) is 0. The maximum atomic E-state index is 13.8. The Morgan fingerprint density at radius 1 is 0.976 bits per heavy atom. The van der Waals surface area contributed by atoms with Gasteiger partial charge in [0.15, 0.2) is 0 Å². The third kappa shape index (κ3) is 6.05. The van der Waals surface area contributed by atoms with Crippen LogP contribution < -0.4 is 5.32 Å². The average Bonchev–Trinajstić information content (AvgIpc) is 3.48. The van der Waals surface area contributed by atoms with E-state index >= 15 is 0 Å². The van der Waals surface area contributed by atoms with Crippen LogP contribution in [-0.2, 0) is 19.4 Å². The molecule has 0 atom stereocenters. The highest BCUT2D eigenvalue weighted by atomic mass is 35.5. The van der Waals surface area contributed by atoms with Gasteiger partial charge in [0.2, 0.25) is 0 Å². The zero-order valence-electron chi connectivity index (χ0n) is 23.8. The molecule has 4 nitrogen and oxygen atoms in total. The van der Waals surface area contributed by atoms with E-state index in [4.69, 9.17) is 28.2 Å². The van der Waals surface area contributed by atoms with Crippen LogP contribution in [0.1, 0.15) is 68.7 Å². The number of hydrogen-bond donors (Lipinski definition) is 1. The highest BCUT2D eigenvalue weighted by Crippen LogP contribution is 2.39. The second-order valence-corrected chi connectivity index (χ2v) is 13.0. The molecule has 2 heterocycles. The number of para-hydroxylation sites is 1. The van der Waals surface area contributed by atoms with E-state index in [2.05, 4.69) is 48.1 Å². The van der Waals surface area contributed by atoms with Crippen LogP contribution in [0.2, 0.25) is 10.0 Å². The number of carbonyl (C=O) groups is 1. The maximum Gasteiger partial charge on any atom is 0.259 e. The minimum absolute atomic E-state index is 0.0803. The molecule has 0 fully saturated rings.